The predicted octanol–water partition coefficient (Wildman–Crippen LogP) is -0.117. The molecular formula is C8H16O4. The van der Waals surface area contributed by atoms with Crippen molar-refractivity contribution in [3.63, 3.8) is 0 Å². The number of ether oxygens (including phenoxy) is 2. The van der Waals surface area contributed by atoms with Crippen molar-refractivity contribution in [1.29, 1.82) is 0 Å². The second kappa shape index (κ2) is 4.18. The van der Waals surface area contributed by atoms with Crippen LogP contribution in [0.1, 0.15) is 19.8 Å². The maximum Gasteiger partial charge on any atom is 0.165 e. The van der Waals surface area contributed by atoms with Crippen molar-refractivity contribution in [2.75, 3.05) is 19.8 Å². The Morgan fingerprint density at radius 3 is 2.50 bits per heavy atom. The largest absolute Gasteiger partial charge is 0.394 e. The minimum atomic E-state index is -0.658. The normalized spacial score (nSPS) is 24.2. The molecule has 1 saturated heterocycles. The van der Waals surface area contributed by atoms with Gasteiger partial charge in [-0.05, 0) is 13.3 Å². The van der Waals surface area contributed by atoms with Crippen LogP contribution in [0.25, 0.3) is 0 Å². The van der Waals surface area contributed by atoms with Gasteiger partial charge in [0.1, 0.15) is 0 Å². The van der Waals surface area contributed by atoms with E-state index < -0.39 is 11.9 Å². The maximum atomic E-state index is 9.07. The highest BCUT2D eigenvalue weighted by molar-refractivity contribution is 4.70. The van der Waals surface area contributed by atoms with Crippen molar-refractivity contribution in [3.05, 3.63) is 0 Å². The average molecular weight is 176 g/mol. The van der Waals surface area contributed by atoms with E-state index in [-0.39, 0.29) is 6.61 Å². The SMILES string of the molecule is CC1(CCC(O)CO)OCCO1. The molecule has 0 aliphatic carbocycles. The molecule has 0 amide bonds. The molecule has 0 radical (unpaired) electrons. The Bertz CT molecular complexity index is 131. The number of hydrogen-bond donors (Lipinski definition) is 2. The Hall–Kier alpha value is -0.160. The average Bonchev–Trinajstić information content (AvgIpc) is 2.49. The van der Waals surface area contributed by atoms with Gasteiger partial charge in [0, 0.05) is 6.42 Å². The van der Waals surface area contributed by atoms with Gasteiger partial charge < -0.3 is 19.7 Å². The molecule has 1 rings (SSSR count). The zero-order valence-electron chi connectivity index (χ0n) is 7.32. The van der Waals surface area contributed by atoms with Crippen molar-refractivity contribution in [2.45, 2.75) is 31.7 Å². The van der Waals surface area contributed by atoms with Crippen LogP contribution in [0.2, 0.25) is 0 Å². The summed E-state index contributed by atoms with van der Waals surface area (Å²) < 4.78 is 10.6. The van der Waals surface area contributed by atoms with Crippen LogP contribution in [0.3, 0.4) is 0 Å². The number of aliphatic hydroxyl groups excluding tert-OH is 2. The first-order valence-electron chi connectivity index (χ1n) is 4.23. The quantitative estimate of drug-likeness (QED) is 0.627. The molecular weight excluding hydrogens is 160 g/mol. The predicted molar refractivity (Wildman–Crippen MR) is 42.6 cm³/mol. The van der Waals surface area contributed by atoms with Gasteiger partial charge in [0.15, 0.2) is 5.79 Å². The second-order valence-corrected chi connectivity index (χ2v) is 3.21. The van der Waals surface area contributed by atoms with Gasteiger partial charge in [0.25, 0.3) is 0 Å². The molecule has 0 aromatic heterocycles. The Balaban J connectivity index is 2.21. The molecule has 0 aromatic rings. The van der Waals surface area contributed by atoms with Crippen LogP contribution < -0.4 is 0 Å². The molecule has 0 aromatic carbocycles. The lowest BCUT2D eigenvalue weighted by Gasteiger charge is -2.22. The summed E-state index contributed by atoms with van der Waals surface area (Å²) >= 11 is 0. The molecule has 0 bridgehead atoms. The minimum absolute atomic E-state index is 0.198. The summed E-state index contributed by atoms with van der Waals surface area (Å²) in [6.45, 7) is 2.89. The fourth-order valence-corrected chi connectivity index (χ4v) is 1.22. The van der Waals surface area contributed by atoms with Crippen molar-refractivity contribution in [1.82, 2.24) is 0 Å². The van der Waals surface area contributed by atoms with E-state index in [1.54, 1.807) is 0 Å². The first kappa shape index (κ1) is 9.92. The Kier molecular flexibility index (Phi) is 3.46. The van der Waals surface area contributed by atoms with E-state index in [4.69, 9.17) is 19.7 Å². The van der Waals surface area contributed by atoms with E-state index in [1.165, 1.54) is 0 Å². The third-order valence-corrected chi connectivity index (χ3v) is 2.04. The molecule has 72 valence electrons. The van der Waals surface area contributed by atoms with Crippen molar-refractivity contribution < 1.29 is 19.7 Å². The van der Waals surface area contributed by atoms with Gasteiger partial charge in [0.2, 0.25) is 0 Å². The zero-order valence-corrected chi connectivity index (χ0v) is 7.32. The third kappa shape index (κ3) is 2.71. The highest BCUT2D eigenvalue weighted by Crippen LogP contribution is 2.24. The first-order chi connectivity index (χ1) is 5.66. The summed E-state index contributed by atoms with van der Waals surface area (Å²) in [5, 5.41) is 17.6. The molecule has 1 aliphatic heterocycles. The molecule has 1 heterocycles. The highest BCUT2D eigenvalue weighted by atomic mass is 16.7. The molecule has 1 aliphatic rings. The molecule has 0 saturated carbocycles. The molecule has 1 atom stereocenters. The van der Waals surface area contributed by atoms with E-state index in [0.717, 1.165) is 0 Å². The van der Waals surface area contributed by atoms with Crippen molar-refractivity contribution in [3.8, 4) is 0 Å². The van der Waals surface area contributed by atoms with Crippen molar-refractivity contribution >= 4 is 0 Å². The number of aliphatic hydroxyl groups is 2. The maximum absolute atomic E-state index is 9.07. The number of rotatable bonds is 4. The van der Waals surface area contributed by atoms with Crippen molar-refractivity contribution in [2.24, 2.45) is 0 Å². The monoisotopic (exact) mass is 176 g/mol. The van der Waals surface area contributed by atoms with Crippen LogP contribution in [-0.2, 0) is 9.47 Å². The zero-order chi connectivity index (χ0) is 9.03. The fraction of sp³-hybridized carbons (Fsp3) is 1.00. The Labute approximate surface area is 72.1 Å². The first-order valence-corrected chi connectivity index (χ1v) is 4.23. The molecule has 12 heavy (non-hydrogen) atoms. The van der Waals surface area contributed by atoms with Gasteiger partial charge in [-0.25, -0.2) is 0 Å². The van der Waals surface area contributed by atoms with E-state index in [9.17, 15) is 0 Å². The van der Waals surface area contributed by atoms with Gasteiger partial charge in [-0.1, -0.05) is 0 Å². The standard InChI is InChI=1S/C8H16O4/c1-8(11-4-5-12-8)3-2-7(10)6-9/h7,9-10H,2-6H2,1H3. The van der Waals surface area contributed by atoms with Crippen LogP contribution in [0, 0.1) is 0 Å². The molecule has 2 N–H and O–H groups in total. The van der Waals surface area contributed by atoms with Crippen LogP contribution in [-0.4, -0.2) is 41.9 Å². The molecule has 1 unspecified atom stereocenters. The molecule has 1 fully saturated rings. The van der Waals surface area contributed by atoms with Crippen LogP contribution in [0.5, 0.6) is 0 Å². The van der Waals surface area contributed by atoms with Crippen LogP contribution >= 0.6 is 0 Å². The Morgan fingerprint density at radius 1 is 1.42 bits per heavy atom. The van der Waals surface area contributed by atoms with Gasteiger partial charge in [-0.15, -0.1) is 0 Å². The van der Waals surface area contributed by atoms with E-state index >= 15 is 0 Å². The van der Waals surface area contributed by atoms with E-state index in [0.29, 0.717) is 26.1 Å². The molecule has 0 spiro atoms. The minimum Gasteiger partial charge on any atom is -0.394 e. The van der Waals surface area contributed by atoms with Gasteiger partial charge in [-0.3, -0.25) is 0 Å². The van der Waals surface area contributed by atoms with Crippen LogP contribution in [0.15, 0.2) is 0 Å². The Morgan fingerprint density at radius 2 is 2.00 bits per heavy atom. The topological polar surface area (TPSA) is 58.9 Å². The lowest BCUT2D eigenvalue weighted by atomic mass is 10.1. The molecule has 4 nitrogen and oxygen atoms in total. The lowest BCUT2D eigenvalue weighted by molar-refractivity contribution is -0.151. The summed E-state index contributed by atoms with van der Waals surface area (Å²) in [6, 6.07) is 0. The van der Waals surface area contributed by atoms with Gasteiger partial charge in [-0.2, -0.15) is 0 Å². The third-order valence-electron chi connectivity index (χ3n) is 2.04. The summed E-state index contributed by atoms with van der Waals surface area (Å²) in [4.78, 5) is 0. The summed E-state index contributed by atoms with van der Waals surface area (Å²) in [6.07, 6.45) is 0.469. The number of hydrogen-bond acceptors (Lipinski definition) is 4. The summed E-state index contributed by atoms with van der Waals surface area (Å²) in [7, 11) is 0. The summed E-state index contributed by atoms with van der Waals surface area (Å²) in [5.41, 5.74) is 0. The molecule has 4 heteroatoms. The fourth-order valence-electron chi connectivity index (χ4n) is 1.22. The van der Waals surface area contributed by atoms with Crippen LogP contribution in [0.4, 0.5) is 0 Å². The summed E-state index contributed by atoms with van der Waals surface area (Å²) in [5.74, 6) is -0.545. The lowest BCUT2D eigenvalue weighted by Crippen LogP contribution is -2.28. The highest BCUT2D eigenvalue weighted by Gasteiger charge is 2.30. The van der Waals surface area contributed by atoms with E-state index in [2.05, 4.69) is 0 Å². The smallest absolute Gasteiger partial charge is 0.165 e. The van der Waals surface area contributed by atoms with Gasteiger partial charge >= 0.3 is 0 Å². The van der Waals surface area contributed by atoms with Gasteiger partial charge in [0.05, 0.1) is 25.9 Å². The second-order valence-electron chi connectivity index (χ2n) is 3.21. The van der Waals surface area contributed by atoms with E-state index in [1.807, 2.05) is 6.92 Å².